The minimum atomic E-state index is 0.137. The number of thioether (sulfide) groups is 1. The molecule has 8 heteroatoms. The van der Waals surface area contributed by atoms with Crippen LogP contribution >= 0.6 is 35.0 Å². The van der Waals surface area contributed by atoms with Gasteiger partial charge in [-0.3, -0.25) is 9.36 Å². The molecule has 3 aromatic rings. The standard InChI is InChI=1S/C23H24Cl2N4OS/c1-15-3-5-17(6-4-15)22-26-27-23(29(22)18-7-8-19(24)20(25)13-18)31-14-21(30)28-11-9-16(2)10-12-28/h3-8,13,16H,9-12,14H2,1-2H3. The van der Waals surface area contributed by atoms with E-state index < -0.39 is 0 Å². The highest BCUT2D eigenvalue weighted by atomic mass is 35.5. The van der Waals surface area contributed by atoms with Crippen molar-refractivity contribution < 1.29 is 4.79 Å². The Balaban J connectivity index is 1.63. The second-order valence-corrected chi connectivity index (χ2v) is 9.71. The zero-order valence-corrected chi connectivity index (χ0v) is 19.8. The van der Waals surface area contributed by atoms with Crippen LogP contribution in [0.25, 0.3) is 17.1 Å². The lowest BCUT2D eigenvalue weighted by atomic mass is 9.99. The number of nitrogens with zero attached hydrogens (tertiary/aromatic N) is 4. The quantitative estimate of drug-likeness (QED) is 0.431. The molecule has 5 nitrogen and oxygen atoms in total. The van der Waals surface area contributed by atoms with Crippen molar-refractivity contribution in [2.24, 2.45) is 5.92 Å². The van der Waals surface area contributed by atoms with E-state index in [9.17, 15) is 4.79 Å². The van der Waals surface area contributed by atoms with Crippen molar-refractivity contribution in [3.8, 4) is 17.1 Å². The molecular formula is C23H24Cl2N4OS. The minimum absolute atomic E-state index is 0.137. The summed E-state index contributed by atoms with van der Waals surface area (Å²) in [6.45, 7) is 5.94. The van der Waals surface area contributed by atoms with Gasteiger partial charge in [-0.15, -0.1) is 10.2 Å². The molecule has 1 aliphatic heterocycles. The van der Waals surface area contributed by atoms with Crippen molar-refractivity contribution >= 4 is 40.9 Å². The number of aromatic nitrogens is 3. The van der Waals surface area contributed by atoms with Crippen molar-refractivity contribution in [1.82, 2.24) is 19.7 Å². The normalized spacial score (nSPS) is 14.8. The number of benzene rings is 2. The Labute approximate surface area is 196 Å². The minimum Gasteiger partial charge on any atom is -0.342 e. The number of hydrogen-bond donors (Lipinski definition) is 0. The molecule has 0 spiro atoms. The van der Waals surface area contributed by atoms with Gasteiger partial charge >= 0.3 is 0 Å². The fraction of sp³-hybridized carbons (Fsp3) is 0.348. The van der Waals surface area contributed by atoms with Gasteiger partial charge in [0, 0.05) is 18.7 Å². The number of rotatable bonds is 5. The van der Waals surface area contributed by atoms with Crippen LogP contribution in [0.1, 0.15) is 25.3 Å². The van der Waals surface area contributed by atoms with Gasteiger partial charge < -0.3 is 4.90 Å². The number of halogens is 2. The molecule has 0 aliphatic carbocycles. The zero-order valence-electron chi connectivity index (χ0n) is 17.5. The van der Waals surface area contributed by atoms with E-state index in [4.69, 9.17) is 23.2 Å². The van der Waals surface area contributed by atoms with Gasteiger partial charge in [-0.25, -0.2) is 0 Å². The smallest absolute Gasteiger partial charge is 0.233 e. The van der Waals surface area contributed by atoms with Gasteiger partial charge in [-0.1, -0.05) is 71.7 Å². The van der Waals surface area contributed by atoms with Gasteiger partial charge in [-0.05, 0) is 43.9 Å². The van der Waals surface area contributed by atoms with E-state index in [-0.39, 0.29) is 5.91 Å². The van der Waals surface area contributed by atoms with E-state index in [1.807, 2.05) is 46.7 Å². The van der Waals surface area contributed by atoms with Crippen LogP contribution in [0.2, 0.25) is 10.0 Å². The molecule has 1 aliphatic rings. The van der Waals surface area contributed by atoms with Crippen molar-refractivity contribution in [3.63, 3.8) is 0 Å². The maximum absolute atomic E-state index is 12.7. The molecule has 31 heavy (non-hydrogen) atoms. The lowest BCUT2D eigenvalue weighted by molar-refractivity contribution is -0.129. The summed E-state index contributed by atoms with van der Waals surface area (Å²) >= 11 is 13.8. The molecule has 2 heterocycles. The second kappa shape index (κ2) is 9.63. The summed E-state index contributed by atoms with van der Waals surface area (Å²) < 4.78 is 1.93. The molecule has 1 saturated heterocycles. The highest BCUT2D eigenvalue weighted by Crippen LogP contribution is 2.32. The van der Waals surface area contributed by atoms with Crippen LogP contribution in [0.15, 0.2) is 47.6 Å². The van der Waals surface area contributed by atoms with Crippen molar-refractivity contribution in [1.29, 1.82) is 0 Å². The van der Waals surface area contributed by atoms with Crippen LogP contribution < -0.4 is 0 Å². The fourth-order valence-electron chi connectivity index (χ4n) is 3.59. The lowest BCUT2D eigenvalue weighted by Crippen LogP contribution is -2.38. The molecule has 0 radical (unpaired) electrons. The third kappa shape index (κ3) is 5.08. The van der Waals surface area contributed by atoms with Gasteiger partial charge in [0.25, 0.3) is 0 Å². The van der Waals surface area contributed by atoms with Crippen LogP contribution in [0, 0.1) is 12.8 Å². The molecule has 0 bridgehead atoms. The first kappa shape index (κ1) is 22.2. The van der Waals surface area contributed by atoms with Gasteiger partial charge in [0.05, 0.1) is 21.5 Å². The Morgan fingerprint density at radius 1 is 1.06 bits per heavy atom. The van der Waals surface area contributed by atoms with Crippen LogP contribution in [-0.2, 0) is 4.79 Å². The number of hydrogen-bond acceptors (Lipinski definition) is 4. The number of carbonyl (C=O) groups excluding carboxylic acids is 1. The first-order valence-corrected chi connectivity index (χ1v) is 12.0. The Kier molecular flexibility index (Phi) is 6.89. The maximum Gasteiger partial charge on any atom is 0.233 e. The average Bonchev–Trinajstić information content (AvgIpc) is 3.19. The number of carbonyl (C=O) groups is 1. The first-order chi connectivity index (χ1) is 14.9. The first-order valence-electron chi connectivity index (χ1n) is 10.3. The van der Waals surface area contributed by atoms with Crippen molar-refractivity contribution in [2.75, 3.05) is 18.8 Å². The predicted octanol–water partition coefficient (Wildman–Crippen LogP) is 5.90. The van der Waals surface area contributed by atoms with Crippen molar-refractivity contribution in [2.45, 2.75) is 31.8 Å². The van der Waals surface area contributed by atoms with Crippen LogP contribution in [0.5, 0.6) is 0 Å². The molecule has 0 unspecified atom stereocenters. The summed E-state index contributed by atoms with van der Waals surface area (Å²) in [7, 11) is 0. The molecule has 162 valence electrons. The fourth-order valence-corrected chi connectivity index (χ4v) is 4.73. The summed E-state index contributed by atoms with van der Waals surface area (Å²) in [4.78, 5) is 14.7. The average molecular weight is 475 g/mol. The van der Waals surface area contributed by atoms with E-state index in [2.05, 4.69) is 17.1 Å². The number of amides is 1. The van der Waals surface area contributed by atoms with E-state index in [0.29, 0.717) is 32.7 Å². The highest BCUT2D eigenvalue weighted by Gasteiger charge is 2.22. The third-order valence-electron chi connectivity index (χ3n) is 5.57. The molecule has 1 fully saturated rings. The topological polar surface area (TPSA) is 51.0 Å². The molecule has 0 atom stereocenters. The van der Waals surface area contributed by atoms with E-state index in [1.54, 1.807) is 12.1 Å². The van der Waals surface area contributed by atoms with E-state index in [1.165, 1.54) is 17.3 Å². The van der Waals surface area contributed by atoms with Crippen molar-refractivity contribution in [3.05, 3.63) is 58.1 Å². The molecule has 0 N–H and O–H groups in total. The van der Waals surface area contributed by atoms with Crippen LogP contribution in [0.3, 0.4) is 0 Å². The molecule has 4 rings (SSSR count). The number of piperidine rings is 1. The molecule has 1 amide bonds. The lowest BCUT2D eigenvalue weighted by Gasteiger charge is -2.30. The van der Waals surface area contributed by atoms with Gasteiger partial charge in [0.1, 0.15) is 0 Å². The Morgan fingerprint density at radius 2 is 1.77 bits per heavy atom. The zero-order chi connectivity index (χ0) is 22.0. The molecule has 2 aromatic carbocycles. The molecular weight excluding hydrogens is 451 g/mol. The summed E-state index contributed by atoms with van der Waals surface area (Å²) in [5, 5.41) is 10.4. The van der Waals surface area contributed by atoms with E-state index >= 15 is 0 Å². The summed E-state index contributed by atoms with van der Waals surface area (Å²) in [6.07, 6.45) is 2.13. The summed E-state index contributed by atoms with van der Waals surface area (Å²) in [6, 6.07) is 13.5. The SMILES string of the molecule is Cc1ccc(-c2nnc(SCC(=O)N3CCC(C)CC3)n2-c2ccc(Cl)c(Cl)c2)cc1. The monoisotopic (exact) mass is 474 g/mol. The van der Waals surface area contributed by atoms with Gasteiger partial charge in [0.2, 0.25) is 5.91 Å². The summed E-state index contributed by atoms with van der Waals surface area (Å²) in [5.74, 6) is 1.84. The maximum atomic E-state index is 12.7. The summed E-state index contributed by atoms with van der Waals surface area (Å²) in [5.41, 5.74) is 2.91. The molecule has 1 aromatic heterocycles. The van der Waals surface area contributed by atoms with Crippen LogP contribution in [0.4, 0.5) is 0 Å². The third-order valence-corrected chi connectivity index (χ3v) is 7.22. The van der Waals surface area contributed by atoms with Gasteiger partial charge in [0.15, 0.2) is 11.0 Å². The largest absolute Gasteiger partial charge is 0.342 e. The number of likely N-dealkylation sites (tertiary alicyclic amines) is 1. The second-order valence-electron chi connectivity index (χ2n) is 7.96. The van der Waals surface area contributed by atoms with E-state index in [0.717, 1.165) is 37.2 Å². The van der Waals surface area contributed by atoms with Crippen LogP contribution in [-0.4, -0.2) is 44.4 Å². The Bertz CT molecular complexity index is 1080. The Hall–Kier alpha value is -2.02. The highest BCUT2D eigenvalue weighted by molar-refractivity contribution is 7.99. The molecule has 0 saturated carbocycles. The Morgan fingerprint density at radius 3 is 2.45 bits per heavy atom. The predicted molar refractivity (Wildman–Crippen MR) is 127 cm³/mol. The number of aryl methyl sites for hydroxylation is 1. The van der Waals surface area contributed by atoms with Gasteiger partial charge in [-0.2, -0.15) is 0 Å².